The first-order valence-electron chi connectivity index (χ1n) is 8.31. The van der Waals surface area contributed by atoms with Crippen LogP contribution in [-0.4, -0.2) is 37.1 Å². The molecule has 0 N–H and O–H groups in total. The van der Waals surface area contributed by atoms with Crippen LogP contribution in [-0.2, 0) is 9.53 Å². The summed E-state index contributed by atoms with van der Waals surface area (Å²) >= 11 is 0. The van der Waals surface area contributed by atoms with Gasteiger partial charge >= 0.3 is 0 Å². The van der Waals surface area contributed by atoms with Gasteiger partial charge in [0.1, 0.15) is 6.61 Å². The Bertz CT molecular complexity index is 342. The largest absolute Gasteiger partial charge is 0.369 e. The van der Waals surface area contributed by atoms with Crippen LogP contribution in [0.3, 0.4) is 0 Å². The Hall–Kier alpha value is -0.570. The van der Waals surface area contributed by atoms with Gasteiger partial charge in [0.2, 0.25) is 5.91 Å². The summed E-state index contributed by atoms with van der Waals surface area (Å²) in [5.74, 6) is 3.01. The average Bonchev–Trinajstić information content (AvgIpc) is 2.33. The van der Waals surface area contributed by atoms with Crippen molar-refractivity contribution in [3.63, 3.8) is 0 Å². The average molecular weight is 279 g/mol. The maximum absolute atomic E-state index is 12.2. The van der Waals surface area contributed by atoms with Crippen molar-refractivity contribution in [2.24, 2.45) is 23.2 Å². The molecule has 0 spiro atoms. The third kappa shape index (κ3) is 2.88. The van der Waals surface area contributed by atoms with Gasteiger partial charge in [0.05, 0.1) is 6.10 Å². The fraction of sp³-hybridized carbons (Fsp3) is 0.941. The highest BCUT2D eigenvalue weighted by Crippen LogP contribution is 2.60. The van der Waals surface area contributed by atoms with Crippen molar-refractivity contribution in [1.29, 1.82) is 0 Å². The summed E-state index contributed by atoms with van der Waals surface area (Å²) in [5.41, 5.74) is 0.441. The number of ether oxygens (including phenoxy) is 1. The summed E-state index contributed by atoms with van der Waals surface area (Å²) in [4.78, 5) is 14.1. The molecule has 0 aromatic carbocycles. The summed E-state index contributed by atoms with van der Waals surface area (Å²) in [7, 11) is 1.96. The quantitative estimate of drug-likeness (QED) is 0.774. The molecule has 3 heteroatoms. The van der Waals surface area contributed by atoms with Gasteiger partial charge in [-0.05, 0) is 75.5 Å². The Morgan fingerprint density at radius 3 is 2.10 bits per heavy atom. The molecule has 0 radical (unpaired) electrons. The van der Waals surface area contributed by atoms with Gasteiger partial charge in [-0.2, -0.15) is 0 Å². The lowest BCUT2D eigenvalue weighted by atomic mass is 9.49. The van der Waals surface area contributed by atoms with Gasteiger partial charge in [-0.1, -0.05) is 0 Å². The number of carbonyl (C=O) groups is 1. The zero-order valence-electron chi connectivity index (χ0n) is 13.2. The number of hydrogen-bond acceptors (Lipinski definition) is 2. The molecule has 20 heavy (non-hydrogen) atoms. The lowest BCUT2D eigenvalue weighted by Crippen LogP contribution is -2.51. The molecule has 1 amide bonds. The van der Waals surface area contributed by atoms with E-state index in [-0.39, 0.29) is 18.6 Å². The molecule has 0 aliphatic heterocycles. The molecule has 0 saturated heterocycles. The van der Waals surface area contributed by atoms with Crippen molar-refractivity contribution in [3.05, 3.63) is 0 Å². The first kappa shape index (κ1) is 14.4. The van der Waals surface area contributed by atoms with Gasteiger partial charge in [0.15, 0.2) is 0 Å². The summed E-state index contributed by atoms with van der Waals surface area (Å²) in [6.45, 7) is 5.15. The maximum Gasteiger partial charge on any atom is 0.248 e. The summed E-state index contributed by atoms with van der Waals surface area (Å²) in [5, 5.41) is 0. The lowest BCUT2D eigenvalue weighted by Gasteiger charge is -2.57. The van der Waals surface area contributed by atoms with E-state index in [0.29, 0.717) is 5.41 Å². The van der Waals surface area contributed by atoms with Crippen LogP contribution in [0, 0.1) is 23.2 Å². The summed E-state index contributed by atoms with van der Waals surface area (Å²) in [6.07, 6.45) is 8.62. The highest BCUT2D eigenvalue weighted by atomic mass is 16.5. The van der Waals surface area contributed by atoms with Crippen LogP contribution in [0.25, 0.3) is 0 Å². The number of hydrogen-bond donors (Lipinski definition) is 0. The predicted octanol–water partition coefficient (Wildman–Crippen LogP) is 3.09. The van der Waals surface area contributed by atoms with E-state index in [9.17, 15) is 4.79 Å². The van der Waals surface area contributed by atoms with E-state index in [1.165, 1.54) is 38.5 Å². The number of rotatable bonds is 5. The first-order chi connectivity index (χ1) is 9.46. The Labute approximate surface area is 123 Å². The predicted molar refractivity (Wildman–Crippen MR) is 79.3 cm³/mol. The topological polar surface area (TPSA) is 29.5 Å². The zero-order valence-corrected chi connectivity index (χ0v) is 13.2. The molecule has 0 heterocycles. The second-order valence-electron chi connectivity index (χ2n) is 8.03. The van der Waals surface area contributed by atoms with Gasteiger partial charge in [-0.15, -0.1) is 0 Å². The minimum absolute atomic E-state index is 0.131. The molecule has 0 aromatic heterocycles. The van der Waals surface area contributed by atoms with Crippen molar-refractivity contribution >= 4 is 5.91 Å². The summed E-state index contributed by atoms with van der Waals surface area (Å²) in [6, 6.07) is 0. The molecule has 0 unspecified atom stereocenters. The molecule has 4 rings (SSSR count). The van der Waals surface area contributed by atoms with Crippen LogP contribution in [0.4, 0.5) is 0 Å². The van der Waals surface area contributed by atoms with Crippen LogP contribution >= 0.6 is 0 Å². The summed E-state index contributed by atoms with van der Waals surface area (Å²) < 4.78 is 5.45. The monoisotopic (exact) mass is 279 g/mol. The molecule has 3 nitrogen and oxygen atoms in total. The standard InChI is InChI=1S/C17H29NO2/c1-12(2)20-10-16(19)18(3)11-17-7-13-4-14(8-17)6-15(5-13)9-17/h12-15H,4-11H2,1-3H3. The fourth-order valence-electron chi connectivity index (χ4n) is 5.42. The van der Waals surface area contributed by atoms with E-state index in [2.05, 4.69) is 0 Å². The third-order valence-electron chi connectivity index (χ3n) is 5.70. The highest BCUT2D eigenvalue weighted by molar-refractivity contribution is 5.77. The van der Waals surface area contributed by atoms with Crippen molar-refractivity contribution < 1.29 is 9.53 Å². The van der Waals surface area contributed by atoms with Gasteiger partial charge in [-0.25, -0.2) is 0 Å². The molecule has 4 saturated carbocycles. The van der Waals surface area contributed by atoms with E-state index < -0.39 is 0 Å². The molecular formula is C17H29NO2. The Balaban J connectivity index is 1.58. The molecule has 0 atom stereocenters. The van der Waals surface area contributed by atoms with E-state index in [0.717, 1.165) is 24.3 Å². The van der Waals surface area contributed by atoms with Crippen molar-refractivity contribution in [2.45, 2.75) is 58.5 Å². The molecule has 4 aliphatic rings. The Kier molecular flexibility index (Phi) is 3.83. The first-order valence-corrected chi connectivity index (χ1v) is 8.31. The molecule has 0 aromatic rings. The molecule has 4 fully saturated rings. The van der Waals surface area contributed by atoms with Crippen molar-refractivity contribution in [2.75, 3.05) is 20.2 Å². The zero-order chi connectivity index (χ0) is 14.3. The van der Waals surface area contributed by atoms with Crippen LogP contribution in [0.5, 0.6) is 0 Å². The lowest BCUT2D eigenvalue weighted by molar-refractivity contribution is -0.141. The Morgan fingerprint density at radius 2 is 1.65 bits per heavy atom. The molecular weight excluding hydrogens is 250 g/mol. The van der Waals surface area contributed by atoms with Crippen LogP contribution in [0.1, 0.15) is 52.4 Å². The normalized spacial score (nSPS) is 38.5. The van der Waals surface area contributed by atoms with Crippen LogP contribution < -0.4 is 0 Å². The van der Waals surface area contributed by atoms with Crippen LogP contribution in [0.2, 0.25) is 0 Å². The smallest absolute Gasteiger partial charge is 0.248 e. The van der Waals surface area contributed by atoms with Crippen molar-refractivity contribution in [1.82, 2.24) is 4.90 Å². The number of likely N-dealkylation sites (N-methyl/N-ethyl adjacent to an activating group) is 1. The number of amides is 1. The second-order valence-corrected chi connectivity index (χ2v) is 8.03. The minimum atomic E-state index is 0.131. The number of nitrogens with zero attached hydrogens (tertiary/aromatic N) is 1. The van der Waals surface area contributed by atoms with Gasteiger partial charge < -0.3 is 9.64 Å². The van der Waals surface area contributed by atoms with E-state index >= 15 is 0 Å². The van der Waals surface area contributed by atoms with Gasteiger partial charge in [-0.3, -0.25) is 4.79 Å². The van der Waals surface area contributed by atoms with E-state index in [4.69, 9.17) is 4.74 Å². The molecule has 114 valence electrons. The van der Waals surface area contributed by atoms with Gasteiger partial charge in [0, 0.05) is 13.6 Å². The Morgan fingerprint density at radius 1 is 1.15 bits per heavy atom. The number of carbonyl (C=O) groups excluding carboxylic acids is 1. The van der Waals surface area contributed by atoms with Crippen LogP contribution in [0.15, 0.2) is 0 Å². The minimum Gasteiger partial charge on any atom is -0.369 e. The second kappa shape index (κ2) is 5.32. The maximum atomic E-state index is 12.2. The SMILES string of the molecule is CC(C)OCC(=O)N(C)CC12CC3CC(CC(C3)C1)C2. The molecule has 4 bridgehead atoms. The fourth-order valence-corrected chi connectivity index (χ4v) is 5.42. The van der Waals surface area contributed by atoms with Crippen molar-refractivity contribution in [3.8, 4) is 0 Å². The highest BCUT2D eigenvalue weighted by Gasteiger charge is 2.51. The van der Waals surface area contributed by atoms with E-state index in [1.54, 1.807) is 0 Å². The van der Waals surface area contributed by atoms with Gasteiger partial charge in [0.25, 0.3) is 0 Å². The molecule has 4 aliphatic carbocycles. The third-order valence-corrected chi connectivity index (χ3v) is 5.70. The van der Waals surface area contributed by atoms with E-state index in [1.807, 2.05) is 25.8 Å².